The molecule has 1 saturated carbocycles. The molecule has 3 heterocycles. The second-order valence-electron chi connectivity index (χ2n) is 11.6. The van der Waals surface area contributed by atoms with Gasteiger partial charge in [-0.3, -0.25) is 9.69 Å². The number of anilines is 1. The summed E-state index contributed by atoms with van der Waals surface area (Å²) in [5.41, 5.74) is 4.64. The number of nitrogens with zero attached hydrogens (tertiary/aromatic N) is 5. The molecule has 2 aliphatic rings. The first-order valence-electron chi connectivity index (χ1n) is 15.4. The number of aromatic nitrogens is 3. The van der Waals surface area contributed by atoms with Crippen LogP contribution in [0.4, 0.5) is 5.95 Å². The summed E-state index contributed by atoms with van der Waals surface area (Å²) in [6, 6.07) is 9.30. The lowest BCUT2D eigenvalue weighted by atomic mass is 9.93. The Morgan fingerprint density at radius 3 is 2.49 bits per heavy atom. The Hall–Kier alpha value is -3.01. The number of hydrogen-bond acceptors (Lipinski definition) is 8. The fraction of sp³-hybridized carbons (Fsp3) is 0.594. The topological polar surface area (TPSA) is 95.8 Å². The molecular weight excluding hydrogens is 516 g/mol. The molecule has 3 aromatic rings. The average Bonchev–Trinajstić information content (AvgIpc) is 3.38. The summed E-state index contributed by atoms with van der Waals surface area (Å²) in [4.78, 5) is 25.9. The molecule has 2 aromatic heterocycles. The van der Waals surface area contributed by atoms with Gasteiger partial charge in [-0.05, 0) is 56.2 Å². The maximum Gasteiger partial charge on any atom is 0.305 e. The molecule has 1 aromatic carbocycles. The minimum absolute atomic E-state index is 0.123. The lowest BCUT2D eigenvalue weighted by Gasteiger charge is -2.34. The highest BCUT2D eigenvalue weighted by Crippen LogP contribution is 2.36. The predicted octanol–water partition coefficient (Wildman–Crippen LogP) is 4.86. The molecule has 41 heavy (non-hydrogen) atoms. The van der Waals surface area contributed by atoms with Crippen LogP contribution in [0, 0.1) is 0 Å². The van der Waals surface area contributed by atoms with Crippen molar-refractivity contribution in [2.24, 2.45) is 0 Å². The van der Waals surface area contributed by atoms with Crippen molar-refractivity contribution < 1.29 is 14.6 Å². The van der Waals surface area contributed by atoms with Crippen LogP contribution in [0.2, 0.25) is 0 Å². The number of benzene rings is 1. The summed E-state index contributed by atoms with van der Waals surface area (Å²) in [5.74, 6) is 0.564. The number of methoxy groups -OCH3 is 1. The fourth-order valence-corrected chi connectivity index (χ4v) is 6.10. The number of rotatable bonds is 12. The second kappa shape index (κ2) is 14.2. The van der Waals surface area contributed by atoms with Gasteiger partial charge in [0.15, 0.2) is 0 Å². The van der Waals surface area contributed by atoms with Gasteiger partial charge in [0.2, 0.25) is 5.95 Å². The van der Waals surface area contributed by atoms with Crippen molar-refractivity contribution in [3.8, 4) is 11.1 Å². The molecule has 9 nitrogen and oxygen atoms in total. The van der Waals surface area contributed by atoms with E-state index in [4.69, 9.17) is 9.72 Å². The van der Waals surface area contributed by atoms with Gasteiger partial charge in [-0.1, -0.05) is 37.6 Å². The molecule has 1 aliphatic carbocycles. The Bertz CT molecular complexity index is 1260. The average molecular weight is 563 g/mol. The molecule has 5 rings (SSSR count). The Morgan fingerprint density at radius 1 is 1.05 bits per heavy atom. The van der Waals surface area contributed by atoms with E-state index in [2.05, 4.69) is 62.1 Å². The number of hydrogen-bond donors (Lipinski definition) is 2. The molecule has 1 saturated heterocycles. The number of nitrogens with one attached hydrogen (secondary N) is 1. The van der Waals surface area contributed by atoms with Gasteiger partial charge in [0.1, 0.15) is 5.65 Å². The van der Waals surface area contributed by atoms with Gasteiger partial charge in [0, 0.05) is 75.1 Å². The third kappa shape index (κ3) is 7.64. The summed E-state index contributed by atoms with van der Waals surface area (Å²) >= 11 is 0. The lowest BCUT2D eigenvalue weighted by Crippen LogP contribution is -2.46. The minimum atomic E-state index is -0.185. The van der Waals surface area contributed by atoms with E-state index in [1.54, 1.807) is 0 Å². The Kier molecular flexibility index (Phi) is 10.2. The number of fused-ring (bicyclic) bond motifs is 1. The molecule has 0 bridgehead atoms. The first kappa shape index (κ1) is 29.5. The Morgan fingerprint density at radius 2 is 1.78 bits per heavy atom. The first-order valence-corrected chi connectivity index (χ1v) is 15.4. The molecular formula is C32H46N6O3. The number of carbonyl (C=O) groups is 1. The lowest BCUT2D eigenvalue weighted by molar-refractivity contribution is -0.140. The van der Waals surface area contributed by atoms with Gasteiger partial charge in [0.25, 0.3) is 0 Å². The van der Waals surface area contributed by atoms with Crippen LogP contribution < -0.4 is 5.32 Å². The SMILES string of the molecule is CCCCNc1ncc2c(-c3ccc(CN4CCN(CCCC(=O)OC)CC4)cc3)cn([C@H]3CC[C@H](O)CC3)c2n1. The Balaban J connectivity index is 1.26. The highest BCUT2D eigenvalue weighted by molar-refractivity contribution is 5.94. The number of aliphatic hydroxyl groups excluding tert-OH is 1. The fourth-order valence-electron chi connectivity index (χ4n) is 6.10. The van der Waals surface area contributed by atoms with Crippen LogP contribution in [-0.4, -0.2) is 87.9 Å². The van der Waals surface area contributed by atoms with Crippen molar-refractivity contribution in [2.75, 3.05) is 51.7 Å². The smallest absolute Gasteiger partial charge is 0.305 e. The van der Waals surface area contributed by atoms with Crippen molar-refractivity contribution in [2.45, 2.75) is 77.0 Å². The molecule has 0 spiro atoms. The van der Waals surface area contributed by atoms with Crippen LogP contribution in [0.5, 0.6) is 0 Å². The Labute approximate surface area is 243 Å². The molecule has 2 N–H and O–H groups in total. The number of carbonyl (C=O) groups excluding carboxylic acids is 1. The summed E-state index contributed by atoms with van der Waals surface area (Å²) < 4.78 is 7.09. The zero-order chi connectivity index (χ0) is 28.6. The van der Waals surface area contributed by atoms with Crippen LogP contribution in [-0.2, 0) is 16.1 Å². The molecule has 0 atom stereocenters. The number of esters is 1. The summed E-state index contributed by atoms with van der Waals surface area (Å²) in [6.45, 7) is 9.09. The maximum atomic E-state index is 11.4. The summed E-state index contributed by atoms with van der Waals surface area (Å²) in [7, 11) is 1.45. The van der Waals surface area contributed by atoms with Gasteiger partial charge in [-0.15, -0.1) is 0 Å². The van der Waals surface area contributed by atoms with E-state index in [9.17, 15) is 9.90 Å². The molecule has 222 valence electrons. The van der Waals surface area contributed by atoms with Gasteiger partial charge in [-0.2, -0.15) is 4.98 Å². The highest BCUT2D eigenvalue weighted by atomic mass is 16.5. The van der Waals surface area contributed by atoms with E-state index in [1.165, 1.54) is 23.8 Å². The normalized spacial score (nSPS) is 20.4. The van der Waals surface area contributed by atoms with Crippen molar-refractivity contribution in [1.29, 1.82) is 0 Å². The quantitative estimate of drug-likeness (QED) is 0.239. The molecule has 0 amide bonds. The zero-order valence-electron chi connectivity index (χ0n) is 24.7. The minimum Gasteiger partial charge on any atom is -0.469 e. The van der Waals surface area contributed by atoms with Crippen LogP contribution >= 0.6 is 0 Å². The van der Waals surface area contributed by atoms with Gasteiger partial charge in [-0.25, -0.2) is 4.98 Å². The molecule has 9 heteroatoms. The van der Waals surface area contributed by atoms with E-state index in [0.29, 0.717) is 18.4 Å². The van der Waals surface area contributed by atoms with Gasteiger partial charge < -0.3 is 24.6 Å². The van der Waals surface area contributed by atoms with Crippen LogP contribution in [0.15, 0.2) is 36.7 Å². The van der Waals surface area contributed by atoms with E-state index in [1.807, 2.05) is 6.20 Å². The molecule has 1 aliphatic heterocycles. The van der Waals surface area contributed by atoms with E-state index >= 15 is 0 Å². The molecule has 0 unspecified atom stereocenters. The highest BCUT2D eigenvalue weighted by Gasteiger charge is 2.24. The number of unbranched alkanes of at least 4 members (excludes halogenated alkanes) is 1. The van der Waals surface area contributed by atoms with Crippen molar-refractivity contribution in [1.82, 2.24) is 24.3 Å². The van der Waals surface area contributed by atoms with Crippen LogP contribution in [0.25, 0.3) is 22.2 Å². The van der Waals surface area contributed by atoms with Crippen molar-refractivity contribution in [3.63, 3.8) is 0 Å². The number of piperazine rings is 1. The largest absolute Gasteiger partial charge is 0.469 e. The van der Waals surface area contributed by atoms with Gasteiger partial charge >= 0.3 is 5.97 Å². The van der Waals surface area contributed by atoms with E-state index in [0.717, 1.165) is 102 Å². The predicted molar refractivity (Wildman–Crippen MR) is 163 cm³/mol. The van der Waals surface area contributed by atoms with E-state index in [-0.39, 0.29) is 12.1 Å². The third-order valence-corrected chi connectivity index (χ3v) is 8.66. The van der Waals surface area contributed by atoms with Crippen LogP contribution in [0.1, 0.15) is 69.9 Å². The van der Waals surface area contributed by atoms with Gasteiger partial charge in [0.05, 0.1) is 13.2 Å². The molecule has 0 radical (unpaired) electrons. The number of ether oxygens (including phenoxy) is 1. The van der Waals surface area contributed by atoms with E-state index < -0.39 is 0 Å². The maximum absolute atomic E-state index is 11.4. The van der Waals surface area contributed by atoms with Crippen LogP contribution in [0.3, 0.4) is 0 Å². The monoisotopic (exact) mass is 562 g/mol. The second-order valence-corrected chi connectivity index (χ2v) is 11.6. The molecule has 2 fully saturated rings. The first-order chi connectivity index (χ1) is 20.0. The van der Waals surface area contributed by atoms with Crippen molar-refractivity contribution >= 4 is 23.0 Å². The summed E-state index contributed by atoms with van der Waals surface area (Å²) in [5, 5.41) is 14.6. The summed E-state index contributed by atoms with van der Waals surface area (Å²) in [6.07, 6.45) is 11.2. The van der Waals surface area contributed by atoms with Crippen molar-refractivity contribution in [3.05, 3.63) is 42.2 Å². The third-order valence-electron chi connectivity index (χ3n) is 8.66. The standard InChI is InChI=1S/C32H46N6O3/c1-3-4-15-33-32-34-21-28-29(23-38(31(28)35-32)26-11-13-27(39)14-12-26)25-9-7-24(8-10-25)22-37-19-17-36(18-20-37)16-5-6-30(40)41-2/h7-10,21,23,26-27,39H,3-6,11-20,22H2,1-2H3,(H,33,34,35)/t26-,27-. The number of aliphatic hydroxyl groups is 1. The zero-order valence-corrected chi connectivity index (χ0v) is 24.7.